The van der Waals surface area contributed by atoms with Gasteiger partial charge in [0.15, 0.2) is 0 Å². The molecule has 0 N–H and O–H groups in total. The predicted octanol–water partition coefficient (Wildman–Crippen LogP) is 8.20. The third-order valence-corrected chi connectivity index (χ3v) is 4.91. The molecule has 0 bridgehead atoms. The van der Waals surface area contributed by atoms with Gasteiger partial charge in [-0.25, -0.2) is 0 Å². The fraction of sp³-hybridized carbons (Fsp3) is 0.143. The minimum absolute atomic E-state index is 0.000748. The summed E-state index contributed by atoms with van der Waals surface area (Å²) in [6, 6.07) is 7.57. The van der Waals surface area contributed by atoms with E-state index in [1.807, 2.05) is 0 Å². The summed E-state index contributed by atoms with van der Waals surface area (Å²) in [6.45, 7) is 0. The molecule has 30 heavy (non-hydrogen) atoms. The lowest BCUT2D eigenvalue weighted by molar-refractivity contribution is -0.138. The zero-order valence-corrected chi connectivity index (χ0v) is 14.6. The second kappa shape index (κ2) is 6.26. The number of rotatable bonds is 0. The number of alkyl halides is 9. The molecule has 0 aromatic heterocycles. The Morgan fingerprint density at radius 3 is 0.833 bits per heavy atom. The molecule has 4 aromatic carbocycles. The predicted molar refractivity (Wildman–Crippen MR) is 94.0 cm³/mol. The van der Waals surface area contributed by atoms with Gasteiger partial charge in [0.2, 0.25) is 0 Å². The zero-order chi connectivity index (χ0) is 22.1. The van der Waals surface area contributed by atoms with E-state index in [9.17, 15) is 39.5 Å². The van der Waals surface area contributed by atoms with Crippen molar-refractivity contribution in [2.24, 2.45) is 0 Å². The lowest BCUT2D eigenvalue weighted by atomic mass is 9.91. The average molecular weight is 432 g/mol. The van der Waals surface area contributed by atoms with Gasteiger partial charge in [-0.1, -0.05) is 18.2 Å². The Hall–Kier alpha value is -2.97. The van der Waals surface area contributed by atoms with Crippen LogP contribution < -0.4 is 0 Å². The Morgan fingerprint density at radius 2 is 0.567 bits per heavy atom. The second-order valence-electron chi connectivity index (χ2n) is 6.77. The molecule has 4 rings (SSSR count). The van der Waals surface area contributed by atoms with Gasteiger partial charge in [-0.05, 0) is 68.7 Å². The van der Waals surface area contributed by atoms with Crippen molar-refractivity contribution in [2.75, 3.05) is 0 Å². The first kappa shape index (κ1) is 20.3. The second-order valence-corrected chi connectivity index (χ2v) is 6.77. The van der Waals surface area contributed by atoms with Crippen LogP contribution in [0.1, 0.15) is 16.7 Å². The summed E-state index contributed by atoms with van der Waals surface area (Å²) >= 11 is 0. The monoisotopic (exact) mass is 432 g/mol. The number of fused-ring (bicyclic) bond motifs is 6. The molecule has 0 aliphatic heterocycles. The van der Waals surface area contributed by atoms with Crippen molar-refractivity contribution < 1.29 is 39.5 Å². The van der Waals surface area contributed by atoms with Crippen LogP contribution in [0.5, 0.6) is 0 Å². The van der Waals surface area contributed by atoms with E-state index in [1.54, 1.807) is 0 Å². The summed E-state index contributed by atoms with van der Waals surface area (Å²) in [4.78, 5) is 0. The SMILES string of the molecule is FC(F)(F)c1ccc2c3ccc(C(F)(F)F)cc3c3cc(C(F)(F)F)ccc3c2c1. The minimum Gasteiger partial charge on any atom is -0.166 e. The van der Waals surface area contributed by atoms with Crippen molar-refractivity contribution in [3.05, 3.63) is 71.3 Å². The molecule has 0 saturated carbocycles. The fourth-order valence-electron chi connectivity index (χ4n) is 3.53. The third-order valence-electron chi connectivity index (χ3n) is 4.91. The summed E-state index contributed by atoms with van der Waals surface area (Å²) < 4.78 is 119. The van der Waals surface area contributed by atoms with Crippen LogP contribution in [0.4, 0.5) is 39.5 Å². The molecule has 0 fully saturated rings. The van der Waals surface area contributed by atoms with Gasteiger partial charge in [0.1, 0.15) is 0 Å². The maximum atomic E-state index is 13.2. The van der Waals surface area contributed by atoms with Gasteiger partial charge in [0.05, 0.1) is 16.7 Å². The summed E-state index contributed by atoms with van der Waals surface area (Å²) in [5.74, 6) is 0. The number of halogens is 9. The largest absolute Gasteiger partial charge is 0.416 e. The average Bonchev–Trinajstić information content (AvgIpc) is 2.64. The molecule has 4 aromatic rings. The van der Waals surface area contributed by atoms with Crippen LogP contribution in [0.25, 0.3) is 32.3 Å². The maximum absolute atomic E-state index is 13.2. The van der Waals surface area contributed by atoms with Gasteiger partial charge < -0.3 is 0 Å². The first-order chi connectivity index (χ1) is 13.8. The number of hydrogen-bond acceptors (Lipinski definition) is 0. The lowest BCUT2D eigenvalue weighted by Gasteiger charge is -2.16. The Bertz CT molecular complexity index is 1290. The van der Waals surface area contributed by atoms with Gasteiger partial charge in [-0.15, -0.1) is 0 Å². The van der Waals surface area contributed by atoms with E-state index in [0.717, 1.165) is 42.5 Å². The van der Waals surface area contributed by atoms with Gasteiger partial charge in [0, 0.05) is 0 Å². The van der Waals surface area contributed by atoms with Gasteiger partial charge >= 0.3 is 18.5 Å². The van der Waals surface area contributed by atoms with E-state index in [1.165, 1.54) is 0 Å². The van der Waals surface area contributed by atoms with E-state index in [0.29, 0.717) is 12.1 Å². The van der Waals surface area contributed by atoms with Crippen LogP contribution >= 0.6 is 0 Å². The van der Waals surface area contributed by atoms with Crippen molar-refractivity contribution in [2.45, 2.75) is 18.5 Å². The number of benzene rings is 4. The summed E-state index contributed by atoms with van der Waals surface area (Å²) in [5, 5.41) is -0.00908. The molecular weight excluding hydrogens is 423 g/mol. The highest BCUT2D eigenvalue weighted by Crippen LogP contribution is 2.42. The van der Waals surface area contributed by atoms with Crippen LogP contribution in [-0.4, -0.2) is 0 Å². The molecule has 0 atom stereocenters. The summed E-state index contributed by atoms with van der Waals surface area (Å²) in [7, 11) is 0. The third kappa shape index (κ3) is 3.32. The molecule has 0 amide bonds. The summed E-state index contributed by atoms with van der Waals surface area (Å²) in [5.41, 5.74) is -3.19. The van der Waals surface area contributed by atoms with Crippen molar-refractivity contribution in [1.29, 1.82) is 0 Å². The van der Waals surface area contributed by atoms with Crippen LogP contribution in [-0.2, 0) is 18.5 Å². The highest BCUT2D eigenvalue weighted by molar-refractivity contribution is 6.25. The highest BCUT2D eigenvalue weighted by Gasteiger charge is 2.34. The van der Waals surface area contributed by atoms with Crippen LogP contribution in [0.2, 0.25) is 0 Å². The normalized spacial score (nSPS) is 13.5. The fourth-order valence-corrected chi connectivity index (χ4v) is 3.53. The topological polar surface area (TPSA) is 0 Å². The molecular formula is C21H9F9. The van der Waals surface area contributed by atoms with E-state index < -0.39 is 35.2 Å². The highest BCUT2D eigenvalue weighted by atomic mass is 19.4. The molecule has 9 heteroatoms. The van der Waals surface area contributed by atoms with Crippen molar-refractivity contribution >= 4 is 32.3 Å². The van der Waals surface area contributed by atoms with Crippen molar-refractivity contribution in [3.8, 4) is 0 Å². The number of hydrogen-bond donors (Lipinski definition) is 0. The van der Waals surface area contributed by atoms with Crippen LogP contribution in [0.3, 0.4) is 0 Å². The molecule has 0 heterocycles. The first-order valence-electron chi connectivity index (χ1n) is 8.41. The minimum atomic E-state index is -4.77. The van der Waals surface area contributed by atoms with E-state index in [2.05, 4.69) is 0 Å². The Labute approximate surface area is 162 Å². The first-order valence-corrected chi connectivity index (χ1v) is 8.41. The summed E-state index contributed by atoms with van der Waals surface area (Å²) in [6.07, 6.45) is -14.2. The quantitative estimate of drug-likeness (QED) is 0.194. The Kier molecular flexibility index (Phi) is 4.24. The Morgan fingerprint density at radius 1 is 0.333 bits per heavy atom. The van der Waals surface area contributed by atoms with Crippen LogP contribution in [0, 0.1) is 0 Å². The molecule has 156 valence electrons. The van der Waals surface area contributed by atoms with Crippen molar-refractivity contribution in [3.63, 3.8) is 0 Å². The van der Waals surface area contributed by atoms with Crippen molar-refractivity contribution in [1.82, 2.24) is 0 Å². The molecule has 0 radical (unpaired) electrons. The molecule has 0 spiro atoms. The van der Waals surface area contributed by atoms with Gasteiger partial charge in [-0.2, -0.15) is 39.5 Å². The van der Waals surface area contributed by atoms with Gasteiger partial charge in [-0.3, -0.25) is 0 Å². The molecule has 0 nitrogen and oxygen atoms in total. The molecule has 0 unspecified atom stereocenters. The zero-order valence-electron chi connectivity index (χ0n) is 14.6. The molecule has 0 aliphatic carbocycles. The van der Waals surface area contributed by atoms with E-state index >= 15 is 0 Å². The van der Waals surface area contributed by atoms with Gasteiger partial charge in [0.25, 0.3) is 0 Å². The van der Waals surface area contributed by atoms with E-state index in [-0.39, 0.29) is 32.3 Å². The van der Waals surface area contributed by atoms with Crippen LogP contribution in [0.15, 0.2) is 54.6 Å². The molecule has 0 saturated heterocycles. The lowest BCUT2D eigenvalue weighted by Crippen LogP contribution is -2.06. The smallest absolute Gasteiger partial charge is 0.166 e. The standard InChI is InChI=1S/C21H9F9/c22-19(23,24)10-1-4-13-14-5-2-11(20(25,26)27)8-17(14)18-9-12(21(28,29)30)3-6-15(18)16(13)7-10/h1-9H. The van der Waals surface area contributed by atoms with E-state index in [4.69, 9.17) is 0 Å². The Balaban J connectivity index is 2.21. The molecule has 0 aliphatic rings. The maximum Gasteiger partial charge on any atom is 0.416 e.